The molecule has 2 aromatic heterocycles. The van der Waals surface area contributed by atoms with Crippen LogP contribution >= 0.6 is 0 Å². The number of benzene rings is 1. The molecule has 0 atom stereocenters. The molecule has 6 heteroatoms. The number of aromatic nitrogens is 2. The van der Waals surface area contributed by atoms with Gasteiger partial charge in [-0.15, -0.1) is 0 Å². The van der Waals surface area contributed by atoms with Crippen molar-refractivity contribution in [3.05, 3.63) is 54.1 Å². The van der Waals surface area contributed by atoms with Gasteiger partial charge in [-0.3, -0.25) is 9.78 Å². The number of amides is 1. The van der Waals surface area contributed by atoms with E-state index in [1.54, 1.807) is 24.5 Å². The first-order chi connectivity index (χ1) is 14.0. The molecule has 1 aromatic carbocycles. The highest BCUT2D eigenvalue weighted by Crippen LogP contribution is 2.48. The van der Waals surface area contributed by atoms with Gasteiger partial charge in [0.2, 0.25) is 0 Å². The molecule has 150 valence electrons. The van der Waals surface area contributed by atoms with Gasteiger partial charge in [-0.25, -0.2) is 4.39 Å². The summed E-state index contributed by atoms with van der Waals surface area (Å²) in [7, 11) is 0. The number of rotatable bonds is 4. The van der Waals surface area contributed by atoms with Gasteiger partial charge in [-0.2, -0.15) is 0 Å². The number of halogens is 1. The average molecular weight is 393 g/mol. The Morgan fingerprint density at radius 2 is 1.97 bits per heavy atom. The molecule has 2 fully saturated rings. The molecule has 0 aliphatic heterocycles. The van der Waals surface area contributed by atoms with E-state index in [0.717, 1.165) is 49.4 Å². The number of nitrogens with one attached hydrogen (secondary N) is 2. The fourth-order valence-corrected chi connectivity index (χ4v) is 4.63. The van der Waals surface area contributed by atoms with Gasteiger partial charge < -0.3 is 15.4 Å². The van der Waals surface area contributed by atoms with Gasteiger partial charge in [0.1, 0.15) is 5.82 Å². The highest BCUT2D eigenvalue weighted by atomic mass is 19.1. The largest absolute Gasteiger partial charge is 0.390 e. The van der Waals surface area contributed by atoms with Crippen LogP contribution in [0.1, 0.15) is 48.9 Å². The number of H-pyrrole nitrogens is 1. The first kappa shape index (κ1) is 18.3. The molecule has 2 saturated carbocycles. The van der Waals surface area contributed by atoms with E-state index in [-0.39, 0.29) is 11.9 Å². The van der Waals surface area contributed by atoms with Crippen molar-refractivity contribution in [1.82, 2.24) is 15.3 Å². The van der Waals surface area contributed by atoms with E-state index < -0.39 is 11.4 Å². The number of fused-ring (bicyclic) bond motifs is 1. The quantitative estimate of drug-likeness (QED) is 0.622. The molecule has 3 N–H and O–H groups in total. The molecular weight excluding hydrogens is 369 g/mol. The fourth-order valence-electron chi connectivity index (χ4n) is 4.63. The number of aliphatic hydroxyl groups is 1. The van der Waals surface area contributed by atoms with E-state index in [1.165, 1.54) is 6.07 Å². The lowest BCUT2D eigenvalue weighted by atomic mass is 9.81. The molecule has 2 aliphatic carbocycles. The Morgan fingerprint density at radius 3 is 2.69 bits per heavy atom. The van der Waals surface area contributed by atoms with E-state index in [0.29, 0.717) is 22.7 Å². The zero-order valence-electron chi connectivity index (χ0n) is 16.1. The van der Waals surface area contributed by atoms with E-state index in [2.05, 4.69) is 15.3 Å². The predicted molar refractivity (Wildman–Crippen MR) is 109 cm³/mol. The van der Waals surface area contributed by atoms with Gasteiger partial charge in [-0.1, -0.05) is 0 Å². The average Bonchev–Trinajstić information content (AvgIpc) is 3.29. The van der Waals surface area contributed by atoms with Crippen molar-refractivity contribution in [3.8, 4) is 11.3 Å². The van der Waals surface area contributed by atoms with Crippen molar-refractivity contribution < 1.29 is 14.3 Å². The van der Waals surface area contributed by atoms with E-state index in [1.807, 2.05) is 12.1 Å². The summed E-state index contributed by atoms with van der Waals surface area (Å²) in [6, 6.07) is 8.36. The van der Waals surface area contributed by atoms with Crippen LogP contribution in [0.25, 0.3) is 22.2 Å². The van der Waals surface area contributed by atoms with Crippen molar-refractivity contribution in [2.75, 3.05) is 0 Å². The number of pyridine rings is 1. The Morgan fingerprint density at radius 1 is 1.17 bits per heavy atom. The number of nitrogens with zero attached hydrogens (tertiary/aromatic N) is 1. The molecule has 1 amide bonds. The highest BCUT2D eigenvalue weighted by molar-refractivity contribution is 5.96. The maximum Gasteiger partial charge on any atom is 0.251 e. The summed E-state index contributed by atoms with van der Waals surface area (Å²) in [5.41, 5.74) is 1.71. The lowest BCUT2D eigenvalue weighted by Crippen LogP contribution is -2.39. The summed E-state index contributed by atoms with van der Waals surface area (Å²) in [4.78, 5) is 20.1. The molecule has 0 bridgehead atoms. The molecule has 0 unspecified atom stereocenters. The second kappa shape index (κ2) is 6.95. The third kappa shape index (κ3) is 3.42. The van der Waals surface area contributed by atoms with Crippen LogP contribution in [0, 0.1) is 11.7 Å². The molecule has 29 heavy (non-hydrogen) atoms. The molecular formula is C23H24FN3O2. The number of hydrogen-bond acceptors (Lipinski definition) is 3. The van der Waals surface area contributed by atoms with Gasteiger partial charge in [-0.05, 0) is 74.8 Å². The van der Waals surface area contributed by atoms with Crippen molar-refractivity contribution in [3.63, 3.8) is 0 Å². The summed E-state index contributed by atoms with van der Waals surface area (Å²) in [6.45, 7) is 0. The van der Waals surface area contributed by atoms with Crippen LogP contribution in [0.5, 0.6) is 0 Å². The van der Waals surface area contributed by atoms with Crippen molar-refractivity contribution >= 4 is 16.8 Å². The van der Waals surface area contributed by atoms with Gasteiger partial charge >= 0.3 is 0 Å². The summed E-state index contributed by atoms with van der Waals surface area (Å²) in [5.74, 6) is -0.355. The fraction of sp³-hybridized carbons (Fsp3) is 0.391. The zero-order chi connectivity index (χ0) is 20.0. The van der Waals surface area contributed by atoms with Gasteiger partial charge in [0.25, 0.3) is 5.91 Å². The first-order valence-electron chi connectivity index (χ1n) is 10.3. The Labute approximate surface area is 168 Å². The normalized spacial score (nSPS) is 23.1. The maximum atomic E-state index is 14.8. The van der Waals surface area contributed by atoms with Crippen LogP contribution in [0.2, 0.25) is 0 Å². The number of hydrogen-bond donors (Lipinski definition) is 3. The number of carbonyl (C=O) groups is 1. The predicted octanol–water partition coefficient (Wildman–Crippen LogP) is 4.18. The summed E-state index contributed by atoms with van der Waals surface area (Å²) in [6.07, 6.45) is 8.84. The Bertz CT molecular complexity index is 1060. The summed E-state index contributed by atoms with van der Waals surface area (Å²) >= 11 is 0. The third-order valence-electron chi connectivity index (χ3n) is 6.55. The van der Waals surface area contributed by atoms with E-state index in [4.69, 9.17) is 0 Å². The molecule has 5 rings (SSSR count). The smallest absolute Gasteiger partial charge is 0.251 e. The minimum absolute atomic E-state index is 0.0825. The Kier molecular flexibility index (Phi) is 4.39. The lowest BCUT2D eigenvalue weighted by Gasteiger charge is -2.32. The third-order valence-corrected chi connectivity index (χ3v) is 6.55. The van der Waals surface area contributed by atoms with Crippen LogP contribution in [0.15, 0.2) is 42.7 Å². The molecule has 0 radical (unpaired) electrons. The number of aromatic amines is 1. The van der Waals surface area contributed by atoms with Crippen LogP contribution in [-0.2, 0) is 0 Å². The second-order valence-corrected chi connectivity index (χ2v) is 8.42. The first-order valence-corrected chi connectivity index (χ1v) is 10.3. The van der Waals surface area contributed by atoms with Crippen LogP contribution in [0.4, 0.5) is 4.39 Å². The molecule has 2 aliphatic rings. The van der Waals surface area contributed by atoms with E-state index >= 15 is 0 Å². The van der Waals surface area contributed by atoms with Crippen molar-refractivity contribution in [2.45, 2.75) is 50.2 Å². The Hall–Kier alpha value is -2.73. The summed E-state index contributed by atoms with van der Waals surface area (Å²) in [5, 5.41) is 14.1. The van der Waals surface area contributed by atoms with Crippen LogP contribution in [0.3, 0.4) is 0 Å². The van der Waals surface area contributed by atoms with Gasteiger partial charge in [0.15, 0.2) is 0 Å². The molecule has 5 nitrogen and oxygen atoms in total. The monoisotopic (exact) mass is 393 g/mol. The van der Waals surface area contributed by atoms with Gasteiger partial charge in [0.05, 0.1) is 11.3 Å². The van der Waals surface area contributed by atoms with Crippen molar-refractivity contribution in [2.24, 2.45) is 5.92 Å². The SMILES string of the molecule is O=C(N[C@H]1CC[C@H](C2(O)CC2)CC1)c1ccc(-c2nccc3[nH]ccc23)c(F)c1. The Balaban J connectivity index is 1.29. The molecule has 3 aromatic rings. The highest BCUT2D eigenvalue weighted by Gasteiger charge is 2.48. The summed E-state index contributed by atoms with van der Waals surface area (Å²) < 4.78 is 14.8. The minimum Gasteiger partial charge on any atom is -0.390 e. The van der Waals surface area contributed by atoms with Crippen LogP contribution < -0.4 is 5.32 Å². The topological polar surface area (TPSA) is 78.0 Å². The molecule has 0 spiro atoms. The standard InChI is InChI=1S/C23H24FN3O2/c24-19-13-14(1-6-17(19)21-18-7-11-25-20(18)8-12-26-21)22(28)27-16-4-2-15(3-5-16)23(29)9-10-23/h1,6-8,11-13,15-16,25,29H,2-5,9-10H2,(H,27,28)/t15-,16-. The van der Waals surface area contributed by atoms with Crippen LogP contribution in [-0.4, -0.2) is 32.6 Å². The van der Waals surface area contributed by atoms with E-state index in [9.17, 15) is 14.3 Å². The van der Waals surface area contributed by atoms with Gasteiger partial charge in [0, 0.05) is 40.5 Å². The molecule has 2 heterocycles. The lowest BCUT2D eigenvalue weighted by molar-refractivity contribution is 0.0541. The molecule has 0 saturated heterocycles. The zero-order valence-corrected chi connectivity index (χ0v) is 16.1. The van der Waals surface area contributed by atoms with Crippen molar-refractivity contribution in [1.29, 1.82) is 0 Å². The maximum absolute atomic E-state index is 14.8. The minimum atomic E-state index is -0.460. The second-order valence-electron chi connectivity index (χ2n) is 8.42. The number of carbonyl (C=O) groups excluding carboxylic acids is 1.